The van der Waals surface area contributed by atoms with Gasteiger partial charge in [-0.2, -0.15) is 0 Å². The number of carbonyl (C=O) groups excluding carboxylic acids is 2. The van der Waals surface area contributed by atoms with E-state index in [0.717, 1.165) is 58.2 Å². The summed E-state index contributed by atoms with van der Waals surface area (Å²) >= 11 is 0. The largest absolute Gasteiger partial charge is 0.508 e. The van der Waals surface area contributed by atoms with Gasteiger partial charge in [-0.15, -0.1) is 12.4 Å². The maximum absolute atomic E-state index is 12.5. The highest BCUT2D eigenvalue weighted by Gasteiger charge is 2.39. The molecule has 5 N–H and O–H groups in total. The van der Waals surface area contributed by atoms with Crippen LogP contribution in [0.5, 0.6) is 5.75 Å². The number of likely N-dealkylation sites (tertiary alicyclic amines) is 1. The van der Waals surface area contributed by atoms with Gasteiger partial charge in [0, 0.05) is 25.7 Å². The second kappa shape index (κ2) is 12.6. The van der Waals surface area contributed by atoms with E-state index in [2.05, 4.69) is 35.4 Å². The van der Waals surface area contributed by atoms with Crippen LogP contribution in [0.3, 0.4) is 0 Å². The van der Waals surface area contributed by atoms with E-state index in [-0.39, 0.29) is 47.1 Å². The van der Waals surface area contributed by atoms with Crippen LogP contribution in [0.15, 0.2) is 24.3 Å². The molecule has 0 aromatic heterocycles. The lowest BCUT2D eigenvalue weighted by atomic mass is 9.68. The van der Waals surface area contributed by atoms with Gasteiger partial charge in [0.1, 0.15) is 12.2 Å². The zero-order valence-corrected chi connectivity index (χ0v) is 21.1. The number of halogens is 1. The fourth-order valence-corrected chi connectivity index (χ4v) is 5.42. The van der Waals surface area contributed by atoms with E-state index in [1.165, 1.54) is 12.0 Å². The molecule has 2 unspecified atom stereocenters. The number of rotatable bonds is 7. The van der Waals surface area contributed by atoms with Gasteiger partial charge in [-0.25, -0.2) is 0 Å². The SMILES string of the molecule is CNC(=O)CC(=O)NC1(CCN2CCC(C)(c3cccc(O)c3)C(C)C2)CCCCC1.Cl.O. The number of phenolic OH excluding ortho intramolecular Hbond substituents is 1. The summed E-state index contributed by atoms with van der Waals surface area (Å²) in [6.45, 7) is 7.59. The number of nitrogens with one attached hydrogen (secondary N) is 2. The quantitative estimate of drug-likeness (QED) is 0.517. The van der Waals surface area contributed by atoms with Crippen LogP contribution < -0.4 is 10.6 Å². The molecule has 1 aromatic carbocycles. The normalized spacial score (nSPS) is 24.6. The Balaban J connectivity index is 0.00000272. The number of nitrogens with zero attached hydrogens (tertiary/aromatic N) is 1. The maximum Gasteiger partial charge on any atom is 0.229 e. The first kappa shape index (κ1) is 29.2. The molecular formula is C25H42ClN3O4. The van der Waals surface area contributed by atoms with E-state index in [9.17, 15) is 14.7 Å². The average molecular weight is 484 g/mol. The molecule has 0 radical (unpaired) electrons. The van der Waals surface area contributed by atoms with Crippen molar-refractivity contribution in [1.29, 1.82) is 0 Å². The lowest BCUT2D eigenvalue weighted by Gasteiger charge is -2.46. The zero-order chi connectivity index (χ0) is 22.5. The predicted molar refractivity (Wildman–Crippen MR) is 134 cm³/mol. The molecule has 2 atom stereocenters. The fraction of sp³-hybridized carbons (Fsp3) is 0.680. The third-order valence-corrected chi connectivity index (χ3v) is 7.79. The third-order valence-electron chi connectivity index (χ3n) is 7.79. The Morgan fingerprint density at radius 3 is 2.45 bits per heavy atom. The van der Waals surface area contributed by atoms with E-state index >= 15 is 0 Å². The molecule has 1 aromatic rings. The Bertz CT molecular complexity index is 785. The number of hydrogen-bond donors (Lipinski definition) is 3. The van der Waals surface area contributed by atoms with Crippen LogP contribution in [0, 0.1) is 5.92 Å². The molecule has 0 bridgehead atoms. The van der Waals surface area contributed by atoms with E-state index in [1.54, 1.807) is 13.1 Å². The predicted octanol–water partition coefficient (Wildman–Crippen LogP) is 2.93. The van der Waals surface area contributed by atoms with Crippen molar-refractivity contribution < 1.29 is 20.2 Å². The molecular weight excluding hydrogens is 442 g/mol. The molecule has 8 heteroatoms. The molecule has 1 aliphatic carbocycles. The number of amides is 2. The lowest BCUT2D eigenvalue weighted by molar-refractivity contribution is -0.130. The van der Waals surface area contributed by atoms with Crippen molar-refractivity contribution in [3.8, 4) is 5.75 Å². The minimum Gasteiger partial charge on any atom is -0.508 e. The van der Waals surface area contributed by atoms with Crippen molar-refractivity contribution in [2.75, 3.05) is 26.7 Å². The number of hydrogen-bond acceptors (Lipinski definition) is 4. The van der Waals surface area contributed by atoms with Gasteiger partial charge in [-0.3, -0.25) is 9.59 Å². The van der Waals surface area contributed by atoms with Crippen LogP contribution in [0.1, 0.15) is 70.8 Å². The topological polar surface area (TPSA) is 113 Å². The van der Waals surface area contributed by atoms with Crippen LogP contribution in [-0.2, 0) is 15.0 Å². The maximum atomic E-state index is 12.5. The summed E-state index contributed by atoms with van der Waals surface area (Å²) in [6, 6.07) is 7.70. The number of aromatic hydroxyl groups is 1. The first-order valence-corrected chi connectivity index (χ1v) is 11.8. The van der Waals surface area contributed by atoms with Gasteiger partial charge in [-0.05, 0) is 61.3 Å². The van der Waals surface area contributed by atoms with Crippen molar-refractivity contribution in [3.05, 3.63) is 29.8 Å². The van der Waals surface area contributed by atoms with Crippen LogP contribution in [0.2, 0.25) is 0 Å². The highest BCUT2D eigenvalue weighted by atomic mass is 35.5. The highest BCUT2D eigenvalue weighted by Crippen LogP contribution is 2.40. The summed E-state index contributed by atoms with van der Waals surface area (Å²) in [6.07, 6.45) is 7.36. The molecule has 188 valence electrons. The Labute approximate surface area is 204 Å². The molecule has 1 saturated heterocycles. The molecule has 1 heterocycles. The minimum atomic E-state index is -0.237. The van der Waals surface area contributed by atoms with E-state index in [1.807, 2.05) is 12.1 Å². The Morgan fingerprint density at radius 2 is 1.85 bits per heavy atom. The lowest BCUT2D eigenvalue weighted by Crippen LogP contribution is -2.53. The first-order chi connectivity index (χ1) is 14.8. The van der Waals surface area contributed by atoms with Crippen LogP contribution in [-0.4, -0.2) is 59.5 Å². The van der Waals surface area contributed by atoms with Crippen LogP contribution in [0.4, 0.5) is 0 Å². The van der Waals surface area contributed by atoms with E-state index < -0.39 is 0 Å². The molecule has 2 fully saturated rings. The monoisotopic (exact) mass is 483 g/mol. The second-order valence-corrected chi connectivity index (χ2v) is 9.91. The van der Waals surface area contributed by atoms with Gasteiger partial charge in [0.2, 0.25) is 11.8 Å². The molecule has 33 heavy (non-hydrogen) atoms. The summed E-state index contributed by atoms with van der Waals surface area (Å²) in [5.41, 5.74) is 1.09. The molecule has 2 amide bonds. The standard InChI is InChI=1S/C25H39N3O3.ClH.H2O/c1-19-18-28(14-12-24(19,2)20-8-7-9-21(29)16-20)15-13-25(10-5-4-6-11-25)27-23(31)17-22(30)26-3;;/h7-9,16,19,29H,4-6,10-15,17-18H2,1-3H3,(H,26,30)(H,27,31);1H;1H2. The molecule has 3 rings (SSSR count). The van der Waals surface area contributed by atoms with Gasteiger partial charge in [-0.1, -0.05) is 45.2 Å². The van der Waals surface area contributed by atoms with Crippen LogP contribution in [0.25, 0.3) is 0 Å². The van der Waals surface area contributed by atoms with Crippen molar-refractivity contribution >= 4 is 24.2 Å². The van der Waals surface area contributed by atoms with Gasteiger partial charge in [0.25, 0.3) is 0 Å². The van der Waals surface area contributed by atoms with Crippen molar-refractivity contribution in [2.45, 2.75) is 76.2 Å². The fourth-order valence-electron chi connectivity index (χ4n) is 5.42. The van der Waals surface area contributed by atoms with Gasteiger partial charge in [0.15, 0.2) is 0 Å². The average Bonchev–Trinajstić information content (AvgIpc) is 2.75. The zero-order valence-electron chi connectivity index (χ0n) is 20.3. The van der Waals surface area contributed by atoms with Gasteiger partial charge < -0.3 is 26.1 Å². The van der Waals surface area contributed by atoms with E-state index in [4.69, 9.17) is 0 Å². The van der Waals surface area contributed by atoms with Gasteiger partial charge in [0.05, 0.1) is 0 Å². The minimum absolute atomic E-state index is 0. The van der Waals surface area contributed by atoms with Crippen LogP contribution >= 0.6 is 12.4 Å². The number of piperidine rings is 1. The molecule has 1 saturated carbocycles. The Kier molecular flexibility index (Phi) is 11.1. The third kappa shape index (κ3) is 7.33. The van der Waals surface area contributed by atoms with Gasteiger partial charge >= 0.3 is 0 Å². The number of benzene rings is 1. The molecule has 0 spiro atoms. The van der Waals surface area contributed by atoms with Crippen molar-refractivity contribution in [2.24, 2.45) is 5.92 Å². The first-order valence-electron chi connectivity index (χ1n) is 11.8. The smallest absolute Gasteiger partial charge is 0.229 e. The molecule has 2 aliphatic rings. The second-order valence-electron chi connectivity index (χ2n) is 9.91. The van der Waals surface area contributed by atoms with Crippen molar-refractivity contribution in [3.63, 3.8) is 0 Å². The summed E-state index contributed by atoms with van der Waals surface area (Å²) in [7, 11) is 1.56. The summed E-state index contributed by atoms with van der Waals surface area (Å²) in [5, 5.41) is 15.7. The van der Waals surface area contributed by atoms with E-state index in [0.29, 0.717) is 11.7 Å². The molecule has 1 aliphatic heterocycles. The summed E-state index contributed by atoms with van der Waals surface area (Å²) < 4.78 is 0. The summed E-state index contributed by atoms with van der Waals surface area (Å²) in [4.78, 5) is 26.6. The highest BCUT2D eigenvalue weighted by molar-refractivity contribution is 5.97. The summed E-state index contributed by atoms with van der Waals surface area (Å²) in [5.74, 6) is 0.401. The number of carbonyl (C=O) groups is 2. The molecule has 7 nitrogen and oxygen atoms in total. The Hall–Kier alpha value is -1.83. The number of phenols is 1. The Morgan fingerprint density at radius 1 is 1.15 bits per heavy atom. The van der Waals surface area contributed by atoms with Crippen molar-refractivity contribution in [1.82, 2.24) is 15.5 Å².